The van der Waals surface area contributed by atoms with Gasteiger partial charge in [0.1, 0.15) is 0 Å². The molecule has 1 aliphatic heterocycles. The molecule has 0 spiro atoms. The van der Waals surface area contributed by atoms with E-state index >= 15 is 0 Å². The molecule has 0 aromatic heterocycles. The number of ether oxygens (including phenoxy) is 1. The zero-order valence-corrected chi connectivity index (χ0v) is 12.2. The number of rotatable bonds is 3. The highest BCUT2D eigenvalue weighted by Gasteiger charge is 2.52. The monoisotopic (exact) mass is 290 g/mol. The molecule has 1 aromatic rings. The maximum atomic E-state index is 12.2. The van der Waals surface area contributed by atoms with Crippen molar-refractivity contribution in [3.05, 3.63) is 35.9 Å². The average molecular weight is 290 g/mol. The molecule has 0 fully saturated rings. The molecule has 1 atom stereocenters. The number of nitrogens with zero attached hydrogens (tertiary/aromatic N) is 2. The number of aliphatic hydroxyl groups is 1. The normalized spacial score (nSPS) is 21.4. The third kappa shape index (κ3) is 2.67. The van der Waals surface area contributed by atoms with Crippen molar-refractivity contribution in [1.29, 1.82) is 0 Å². The number of carbonyl (C=O) groups excluding carboxylic acids is 2. The lowest BCUT2D eigenvalue weighted by atomic mass is 10.0. The lowest BCUT2D eigenvalue weighted by Crippen LogP contribution is -2.53. The van der Waals surface area contributed by atoms with Crippen LogP contribution < -0.4 is 0 Å². The topological polar surface area (TPSA) is 79.2 Å². The first-order chi connectivity index (χ1) is 9.90. The largest absolute Gasteiger partial charge is 0.465 e. The van der Waals surface area contributed by atoms with Crippen molar-refractivity contribution in [3.63, 3.8) is 0 Å². The van der Waals surface area contributed by atoms with E-state index in [0.717, 1.165) is 10.6 Å². The SMILES string of the molecule is COC(=O)[C@@]1(O)CC(c2ccccc2)=NN1C(=O)C(C)C. The van der Waals surface area contributed by atoms with E-state index in [2.05, 4.69) is 9.84 Å². The summed E-state index contributed by atoms with van der Waals surface area (Å²) >= 11 is 0. The Balaban J connectivity index is 2.42. The van der Waals surface area contributed by atoms with Gasteiger partial charge in [0.2, 0.25) is 5.91 Å². The molecule has 0 unspecified atom stereocenters. The second-order valence-electron chi connectivity index (χ2n) is 5.20. The summed E-state index contributed by atoms with van der Waals surface area (Å²) in [5.74, 6) is -1.74. The van der Waals surface area contributed by atoms with Gasteiger partial charge in [0.15, 0.2) is 0 Å². The van der Waals surface area contributed by atoms with Gasteiger partial charge in [-0.2, -0.15) is 10.1 Å². The zero-order valence-electron chi connectivity index (χ0n) is 12.2. The van der Waals surface area contributed by atoms with Crippen molar-refractivity contribution in [3.8, 4) is 0 Å². The van der Waals surface area contributed by atoms with E-state index in [9.17, 15) is 14.7 Å². The predicted molar refractivity (Wildman–Crippen MR) is 76.2 cm³/mol. The highest BCUT2D eigenvalue weighted by Crippen LogP contribution is 2.30. The van der Waals surface area contributed by atoms with Gasteiger partial charge in [0.25, 0.3) is 5.72 Å². The molecule has 6 heteroatoms. The van der Waals surface area contributed by atoms with Crippen LogP contribution in [-0.2, 0) is 14.3 Å². The second-order valence-corrected chi connectivity index (χ2v) is 5.20. The van der Waals surface area contributed by atoms with Crippen LogP contribution in [0.3, 0.4) is 0 Å². The van der Waals surface area contributed by atoms with Gasteiger partial charge in [-0.3, -0.25) is 4.79 Å². The smallest absolute Gasteiger partial charge is 0.361 e. The van der Waals surface area contributed by atoms with Crippen molar-refractivity contribution in [2.45, 2.75) is 26.0 Å². The van der Waals surface area contributed by atoms with Crippen LogP contribution in [0.25, 0.3) is 0 Å². The van der Waals surface area contributed by atoms with Gasteiger partial charge in [0.05, 0.1) is 19.2 Å². The number of hydrogen-bond acceptors (Lipinski definition) is 5. The van der Waals surface area contributed by atoms with Gasteiger partial charge in [-0.15, -0.1) is 0 Å². The van der Waals surface area contributed by atoms with Crippen LogP contribution >= 0.6 is 0 Å². The van der Waals surface area contributed by atoms with E-state index in [1.54, 1.807) is 26.0 Å². The fourth-order valence-electron chi connectivity index (χ4n) is 2.14. The van der Waals surface area contributed by atoms with Crippen molar-refractivity contribution < 1.29 is 19.4 Å². The number of hydrazone groups is 1. The summed E-state index contributed by atoms with van der Waals surface area (Å²) in [5, 5.41) is 15.6. The molecule has 0 radical (unpaired) electrons. The van der Waals surface area contributed by atoms with Crippen LogP contribution in [0.2, 0.25) is 0 Å². The lowest BCUT2D eigenvalue weighted by molar-refractivity contribution is -0.188. The number of carbonyl (C=O) groups is 2. The molecule has 21 heavy (non-hydrogen) atoms. The predicted octanol–water partition coefficient (Wildman–Crippen LogP) is 1.14. The van der Waals surface area contributed by atoms with Gasteiger partial charge < -0.3 is 9.84 Å². The molecule has 1 aliphatic rings. The van der Waals surface area contributed by atoms with Crippen molar-refractivity contribution in [2.24, 2.45) is 11.0 Å². The van der Waals surface area contributed by atoms with Crippen LogP contribution in [0.4, 0.5) is 0 Å². The third-order valence-corrected chi connectivity index (χ3v) is 3.31. The van der Waals surface area contributed by atoms with Gasteiger partial charge in [-0.25, -0.2) is 4.79 Å². The molecule has 1 aromatic carbocycles. The van der Waals surface area contributed by atoms with E-state index in [-0.39, 0.29) is 6.42 Å². The molecule has 6 nitrogen and oxygen atoms in total. The first kappa shape index (κ1) is 15.2. The molecule has 112 valence electrons. The standard InChI is InChI=1S/C15H18N2O4/c1-10(2)13(18)17-15(20,14(19)21-3)9-12(16-17)11-7-5-4-6-8-11/h4-8,10,20H,9H2,1-3H3/t15-/m0/s1. The minimum atomic E-state index is -2.08. The Kier molecular flexibility index (Phi) is 4.09. The number of amides is 1. The number of benzene rings is 1. The summed E-state index contributed by atoms with van der Waals surface area (Å²) in [5.41, 5.74) is -0.863. The third-order valence-electron chi connectivity index (χ3n) is 3.31. The molecule has 0 saturated heterocycles. The van der Waals surface area contributed by atoms with Gasteiger partial charge in [0, 0.05) is 5.92 Å². The van der Waals surface area contributed by atoms with E-state index < -0.39 is 23.5 Å². The molecule has 0 saturated carbocycles. The number of esters is 1. The highest BCUT2D eigenvalue weighted by atomic mass is 16.5. The van der Waals surface area contributed by atoms with Crippen LogP contribution in [-0.4, -0.2) is 40.5 Å². The quantitative estimate of drug-likeness (QED) is 0.847. The molecule has 0 aliphatic carbocycles. The maximum Gasteiger partial charge on any atom is 0.361 e. The van der Waals surface area contributed by atoms with Crippen LogP contribution in [0.5, 0.6) is 0 Å². The van der Waals surface area contributed by atoms with E-state index in [4.69, 9.17) is 0 Å². The van der Waals surface area contributed by atoms with Crippen LogP contribution in [0, 0.1) is 5.92 Å². The Morgan fingerprint density at radius 3 is 2.48 bits per heavy atom. The highest BCUT2D eigenvalue weighted by molar-refractivity contribution is 6.07. The number of methoxy groups -OCH3 is 1. The molecule has 1 N–H and O–H groups in total. The van der Waals surface area contributed by atoms with E-state index in [0.29, 0.717) is 5.71 Å². The summed E-state index contributed by atoms with van der Waals surface area (Å²) in [7, 11) is 1.17. The van der Waals surface area contributed by atoms with Gasteiger partial charge >= 0.3 is 5.97 Å². The lowest BCUT2D eigenvalue weighted by Gasteiger charge is -2.29. The van der Waals surface area contributed by atoms with E-state index in [1.807, 2.05) is 18.2 Å². The summed E-state index contributed by atoms with van der Waals surface area (Å²) in [4.78, 5) is 24.1. The second kappa shape index (κ2) is 5.65. The fraction of sp³-hybridized carbons (Fsp3) is 0.400. The maximum absolute atomic E-state index is 12.2. The Labute approximate surface area is 123 Å². The molecular weight excluding hydrogens is 272 g/mol. The van der Waals surface area contributed by atoms with Crippen LogP contribution in [0.1, 0.15) is 25.8 Å². The molecule has 1 amide bonds. The Hall–Kier alpha value is -2.21. The first-order valence-corrected chi connectivity index (χ1v) is 6.68. The summed E-state index contributed by atoms with van der Waals surface area (Å²) in [6, 6.07) is 9.10. The Bertz CT molecular complexity index is 583. The van der Waals surface area contributed by atoms with Crippen molar-refractivity contribution >= 4 is 17.6 Å². The number of hydrogen-bond donors (Lipinski definition) is 1. The summed E-state index contributed by atoms with van der Waals surface area (Å²) < 4.78 is 4.63. The zero-order chi connectivity index (χ0) is 15.6. The Morgan fingerprint density at radius 1 is 1.33 bits per heavy atom. The Morgan fingerprint density at radius 2 is 1.95 bits per heavy atom. The van der Waals surface area contributed by atoms with Gasteiger partial charge in [-0.05, 0) is 5.56 Å². The first-order valence-electron chi connectivity index (χ1n) is 6.68. The van der Waals surface area contributed by atoms with Gasteiger partial charge in [-0.1, -0.05) is 44.2 Å². The minimum Gasteiger partial charge on any atom is -0.465 e. The minimum absolute atomic E-state index is 0.0951. The molecule has 0 bridgehead atoms. The molecule has 1 heterocycles. The average Bonchev–Trinajstić information content (AvgIpc) is 2.85. The van der Waals surface area contributed by atoms with Crippen molar-refractivity contribution in [1.82, 2.24) is 5.01 Å². The summed E-state index contributed by atoms with van der Waals surface area (Å²) in [6.45, 7) is 3.35. The van der Waals surface area contributed by atoms with Crippen molar-refractivity contribution in [2.75, 3.05) is 7.11 Å². The van der Waals surface area contributed by atoms with E-state index in [1.165, 1.54) is 7.11 Å². The molecule has 2 rings (SSSR count). The molecular formula is C15H18N2O4. The fourth-order valence-corrected chi connectivity index (χ4v) is 2.14. The van der Waals surface area contributed by atoms with Crippen LogP contribution in [0.15, 0.2) is 35.4 Å². The summed E-state index contributed by atoms with van der Waals surface area (Å²) in [6.07, 6.45) is -0.0951.